The van der Waals surface area contributed by atoms with Gasteiger partial charge in [0.15, 0.2) is 5.16 Å². The fourth-order valence-electron chi connectivity index (χ4n) is 1.28. The van der Waals surface area contributed by atoms with Gasteiger partial charge in [0, 0.05) is 17.3 Å². The first-order chi connectivity index (χ1) is 9.83. The van der Waals surface area contributed by atoms with Crippen LogP contribution in [0.2, 0.25) is 0 Å². The van der Waals surface area contributed by atoms with Crippen LogP contribution >= 0.6 is 11.8 Å². The quantitative estimate of drug-likeness (QED) is 0.524. The third-order valence-corrected chi connectivity index (χ3v) is 3.10. The molecular formula is C13H8N6S. The molecule has 0 aliphatic rings. The highest BCUT2D eigenvalue weighted by atomic mass is 32.2. The molecule has 1 aromatic heterocycles. The number of hydrogen-bond acceptors (Lipinski definition) is 7. The van der Waals surface area contributed by atoms with Gasteiger partial charge in [0.05, 0.1) is 5.69 Å². The van der Waals surface area contributed by atoms with Crippen molar-refractivity contribution in [1.82, 2.24) is 9.97 Å². The van der Waals surface area contributed by atoms with Crippen LogP contribution in [0.5, 0.6) is 0 Å². The average Bonchev–Trinajstić information content (AvgIpc) is 2.51. The molecule has 2 rings (SSSR count). The van der Waals surface area contributed by atoms with Gasteiger partial charge in [-0.3, -0.25) is 5.43 Å². The minimum absolute atomic E-state index is 0.235. The molecule has 0 spiro atoms. The number of nitriles is 2. The summed E-state index contributed by atoms with van der Waals surface area (Å²) >= 11 is 1.36. The van der Waals surface area contributed by atoms with Crippen LogP contribution in [-0.2, 0) is 0 Å². The largest absolute Gasteiger partial charge is 0.275 e. The van der Waals surface area contributed by atoms with Crippen LogP contribution in [0.4, 0.5) is 5.69 Å². The number of para-hydroxylation sites is 1. The summed E-state index contributed by atoms with van der Waals surface area (Å²) in [5.41, 5.74) is 3.14. The predicted octanol–water partition coefficient (Wildman–Crippen LogP) is 2.44. The maximum atomic E-state index is 8.64. The van der Waals surface area contributed by atoms with Gasteiger partial charge in [-0.2, -0.15) is 15.6 Å². The summed E-state index contributed by atoms with van der Waals surface area (Å²) in [6.45, 7) is 0. The van der Waals surface area contributed by atoms with Gasteiger partial charge in [0.1, 0.15) is 12.1 Å². The molecule has 0 amide bonds. The molecule has 1 aromatic carbocycles. The Morgan fingerprint density at radius 3 is 2.50 bits per heavy atom. The Labute approximate surface area is 119 Å². The van der Waals surface area contributed by atoms with E-state index in [1.807, 2.05) is 18.2 Å². The molecule has 0 unspecified atom stereocenters. The van der Waals surface area contributed by atoms with Crippen LogP contribution in [0.15, 0.2) is 57.9 Å². The average molecular weight is 280 g/mol. The van der Waals surface area contributed by atoms with E-state index in [1.54, 1.807) is 36.7 Å². The van der Waals surface area contributed by atoms with Gasteiger partial charge in [0.2, 0.25) is 5.71 Å². The van der Waals surface area contributed by atoms with E-state index in [1.165, 1.54) is 11.8 Å². The molecule has 1 N–H and O–H groups in total. The standard InChI is InChI=1S/C13H8N6S/c14-8-10(9-15)18-19-11-4-1-2-5-12(11)20-13-16-6-3-7-17-13/h1-7,19H. The van der Waals surface area contributed by atoms with Crippen molar-refractivity contribution >= 4 is 23.2 Å². The Kier molecular flexibility index (Phi) is 4.65. The molecule has 6 nitrogen and oxygen atoms in total. The second-order valence-corrected chi connectivity index (χ2v) is 4.43. The second kappa shape index (κ2) is 6.88. The topological polar surface area (TPSA) is 97.8 Å². The molecule has 0 saturated carbocycles. The van der Waals surface area contributed by atoms with Crippen LogP contribution in [0.1, 0.15) is 0 Å². The Bertz CT molecular complexity index is 683. The molecule has 20 heavy (non-hydrogen) atoms. The summed E-state index contributed by atoms with van der Waals surface area (Å²) in [6.07, 6.45) is 3.32. The van der Waals surface area contributed by atoms with Crippen molar-refractivity contribution in [2.45, 2.75) is 10.1 Å². The third kappa shape index (κ3) is 3.55. The Morgan fingerprint density at radius 2 is 1.80 bits per heavy atom. The van der Waals surface area contributed by atoms with E-state index >= 15 is 0 Å². The van der Waals surface area contributed by atoms with Gasteiger partial charge in [0.25, 0.3) is 0 Å². The number of hydrogen-bond donors (Lipinski definition) is 1. The van der Waals surface area contributed by atoms with Crippen LogP contribution in [0.25, 0.3) is 0 Å². The molecule has 0 fully saturated rings. The molecule has 0 bridgehead atoms. The molecule has 0 atom stereocenters. The van der Waals surface area contributed by atoms with Gasteiger partial charge >= 0.3 is 0 Å². The Morgan fingerprint density at radius 1 is 1.10 bits per heavy atom. The highest BCUT2D eigenvalue weighted by Gasteiger charge is 2.05. The van der Waals surface area contributed by atoms with Gasteiger partial charge in [-0.15, -0.1) is 0 Å². The lowest BCUT2D eigenvalue weighted by atomic mass is 10.3. The zero-order valence-corrected chi connectivity index (χ0v) is 11.0. The highest BCUT2D eigenvalue weighted by Crippen LogP contribution is 2.30. The Hall–Kier alpha value is -2.90. The normalized spacial score (nSPS) is 9.10. The predicted molar refractivity (Wildman–Crippen MR) is 74.9 cm³/mol. The first kappa shape index (κ1) is 13.5. The minimum atomic E-state index is -0.235. The summed E-state index contributed by atoms with van der Waals surface area (Å²) in [4.78, 5) is 9.10. The number of nitrogens with one attached hydrogen (secondary N) is 1. The molecule has 0 radical (unpaired) electrons. The maximum Gasteiger partial charge on any atom is 0.237 e. The number of aromatic nitrogens is 2. The summed E-state index contributed by atoms with van der Waals surface area (Å²) < 4.78 is 0. The summed E-state index contributed by atoms with van der Waals surface area (Å²) in [6, 6.07) is 12.5. The molecule has 2 aromatic rings. The first-order valence-corrected chi connectivity index (χ1v) is 6.33. The number of anilines is 1. The fourth-order valence-corrected chi connectivity index (χ4v) is 2.07. The lowest BCUT2D eigenvalue weighted by Gasteiger charge is -2.06. The van der Waals surface area contributed by atoms with E-state index < -0.39 is 0 Å². The molecule has 0 aliphatic heterocycles. The van der Waals surface area contributed by atoms with Gasteiger partial charge in [-0.25, -0.2) is 9.97 Å². The number of benzene rings is 1. The second-order valence-electron chi connectivity index (χ2n) is 3.43. The number of hydrazone groups is 1. The van der Waals surface area contributed by atoms with Crippen LogP contribution in [-0.4, -0.2) is 15.7 Å². The molecular weight excluding hydrogens is 272 g/mol. The zero-order chi connectivity index (χ0) is 14.2. The third-order valence-electron chi connectivity index (χ3n) is 2.13. The molecule has 1 heterocycles. The van der Waals surface area contributed by atoms with E-state index in [0.29, 0.717) is 10.8 Å². The number of nitrogens with zero attached hydrogens (tertiary/aromatic N) is 5. The summed E-state index contributed by atoms with van der Waals surface area (Å²) in [5, 5.41) is 21.6. The highest BCUT2D eigenvalue weighted by molar-refractivity contribution is 7.99. The van der Waals surface area contributed by atoms with Crippen molar-refractivity contribution in [3.8, 4) is 12.1 Å². The van der Waals surface area contributed by atoms with Gasteiger partial charge in [-0.1, -0.05) is 12.1 Å². The lowest BCUT2D eigenvalue weighted by molar-refractivity contribution is 0.967. The van der Waals surface area contributed by atoms with Crippen molar-refractivity contribution in [3.05, 3.63) is 42.7 Å². The molecule has 0 saturated heterocycles. The summed E-state index contributed by atoms with van der Waals surface area (Å²) in [7, 11) is 0. The SMILES string of the molecule is N#CC(C#N)=NNc1ccccc1Sc1ncccn1. The first-order valence-electron chi connectivity index (χ1n) is 5.51. The summed E-state index contributed by atoms with van der Waals surface area (Å²) in [5.74, 6) is 0. The van der Waals surface area contributed by atoms with E-state index in [0.717, 1.165) is 4.90 Å². The zero-order valence-electron chi connectivity index (χ0n) is 10.2. The van der Waals surface area contributed by atoms with Crippen LogP contribution in [0.3, 0.4) is 0 Å². The fraction of sp³-hybridized carbons (Fsp3) is 0. The van der Waals surface area contributed by atoms with Crippen molar-refractivity contribution in [1.29, 1.82) is 10.5 Å². The van der Waals surface area contributed by atoms with E-state index in [4.69, 9.17) is 10.5 Å². The Balaban J connectivity index is 2.21. The van der Waals surface area contributed by atoms with Crippen LogP contribution < -0.4 is 5.43 Å². The van der Waals surface area contributed by atoms with Crippen LogP contribution in [0, 0.1) is 22.7 Å². The van der Waals surface area contributed by atoms with Crippen molar-refractivity contribution < 1.29 is 0 Å². The van der Waals surface area contributed by atoms with E-state index in [-0.39, 0.29) is 5.71 Å². The smallest absolute Gasteiger partial charge is 0.237 e. The number of rotatable bonds is 4. The molecule has 0 aliphatic carbocycles. The van der Waals surface area contributed by atoms with Gasteiger partial charge in [-0.05, 0) is 30.0 Å². The lowest BCUT2D eigenvalue weighted by Crippen LogP contribution is -1.97. The molecule has 7 heteroatoms. The van der Waals surface area contributed by atoms with E-state index in [9.17, 15) is 0 Å². The van der Waals surface area contributed by atoms with Crippen molar-refractivity contribution in [2.75, 3.05) is 5.43 Å². The monoisotopic (exact) mass is 280 g/mol. The van der Waals surface area contributed by atoms with Crippen molar-refractivity contribution in [2.24, 2.45) is 5.10 Å². The van der Waals surface area contributed by atoms with Crippen molar-refractivity contribution in [3.63, 3.8) is 0 Å². The minimum Gasteiger partial charge on any atom is -0.275 e. The molecule has 96 valence electrons. The van der Waals surface area contributed by atoms with Gasteiger partial charge < -0.3 is 0 Å². The van der Waals surface area contributed by atoms with E-state index in [2.05, 4.69) is 20.5 Å². The maximum absolute atomic E-state index is 8.64.